The van der Waals surface area contributed by atoms with Crippen molar-refractivity contribution in [2.45, 2.75) is 26.9 Å². The number of aromatic nitrogens is 1. The van der Waals surface area contributed by atoms with E-state index < -0.39 is 0 Å². The van der Waals surface area contributed by atoms with E-state index in [0.717, 1.165) is 5.56 Å². The number of benzene rings is 2. The molecular weight excluding hydrogens is 385 g/mol. The minimum atomic E-state index is -0.368. The Balaban J connectivity index is 1.85. The lowest BCUT2D eigenvalue weighted by atomic mass is 9.95. The van der Waals surface area contributed by atoms with E-state index in [1.165, 1.54) is 18.3 Å². The number of nitrogens with zero attached hydrogens (tertiary/aromatic N) is 3. The second kappa shape index (κ2) is 7.74. The van der Waals surface area contributed by atoms with Gasteiger partial charge in [-0.1, -0.05) is 18.2 Å². The molecule has 2 heterocycles. The van der Waals surface area contributed by atoms with E-state index >= 15 is 0 Å². The van der Waals surface area contributed by atoms with Crippen LogP contribution in [0.3, 0.4) is 0 Å². The number of halogens is 1. The summed E-state index contributed by atoms with van der Waals surface area (Å²) in [6, 6.07) is 9.37. The first-order chi connectivity index (χ1) is 14.5. The van der Waals surface area contributed by atoms with E-state index in [-0.39, 0.29) is 47.6 Å². The van der Waals surface area contributed by atoms with Crippen LogP contribution < -0.4 is 0 Å². The zero-order valence-corrected chi connectivity index (χ0v) is 16.9. The molecule has 1 aliphatic heterocycles. The average Bonchev–Trinajstić information content (AvgIpc) is 3.07. The lowest BCUT2D eigenvalue weighted by Gasteiger charge is -2.22. The molecule has 0 bridgehead atoms. The molecule has 6 nitrogen and oxygen atoms in total. The van der Waals surface area contributed by atoms with Gasteiger partial charge in [0, 0.05) is 43.3 Å². The number of hydrogen-bond donors (Lipinski definition) is 1. The fourth-order valence-corrected chi connectivity index (χ4v) is 4.01. The van der Waals surface area contributed by atoms with Crippen molar-refractivity contribution in [1.29, 1.82) is 0 Å². The largest absolute Gasteiger partial charge is 0.505 e. The Bertz CT molecular complexity index is 1140. The highest BCUT2D eigenvalue weighted by atomic mass is 19.1. The number of phenolic OH excluding ortho intramolecular Hbond substituents is 1. The maximum absolute atomic E-state index is 13.3. The summed E-state index contributed by atoms with van der Waals surface area (Å²) in [5.41, 5.74) is 2.04. The van der Waals surface area contributed by atoms with Crippen LogP contribution in [0.1, 0.15) is 45.7 Å². The summed E-state index contributed by atoms with van der Waals surface area (Å²) in [6.07, 6.45) is 1.52. The van der Waals surface area contributed by atoms with Crippen molar-refractivity contribution in [1.82, 2.24) is 14.8 Å². The van der Waals surface area contributed by atoms with Crippen LogP contribution in [0, 0.1) is 5.82 Å². The number of carbonyl (C=O) groups is 2. The van der Waals surface area contributed by atoms with Gasteiger partial charge in [0.1, 0.15) is 11.3 Å². The minimum absolute atomic E-state index is 0.124. The van der Waals surface area contributed by atoms with Crippen molar-refractivity contribution in [2.24, 2.45) is 0 Å². The van der Waals surface area contributed by atoms with Gasteiger partial charge in [-0.2, -0.15) is 0 Å². The Hall–Kier alpha value is -3.48. The number of pyridine rings is 1. The molecule has 0 unspecified atom stereocenters. The SMILES string of the molecule is CCN(CC)C(=O)c1c2c(c(O)c3ncccc13)C(=O)N(Cc1ccc(F)cc1)C2. The van der Waals surface area contributed by atoms with E-state index in [2.05, 4.69) is 4.98 Å². The zero-order chi connectivity index (χ0) is 21.4. The minimum Gasteiger partial charge on any atom is -0.505 e. The quantitative estimate of drug-likeness (QED) is 0.700. The molecule has 0 saturated heterocycles. The average molecular weight is 407 g/mol. The molecule has 1 N–H and O–H groups in total. The number of aromatic hydroxyl groups is 1. The molecule has 0 saturated carbocycles. The highest BCUT2D eigenvalue weighted by Gasteiger charge is 2.37. The van der Waals surface area contributed by atoms with E-state index in [9.17, 15) is 19.1 Å². The van der Waals surface area contributed by atoms with E-state index in [1.54, 1.807) is 34.1 Å². The van der Waals surface area contributed by atoms with Crippen molar-refractivity contribution < 1.29 is 19.1 Å². The molecule has 1 aliphatic rings. The van der Waals surface area contributed by atoms with Gasteiger partial charge in [-0.25, -0.2) is 4.39 Å². The van der Waals surface area contributed by atoms with Crippen molar-refractivity contribution in [3.05, 3.63) is 70.7 Å². The standard InChI is InChI=1S/C23H22FN3O3/c1-3-26(4-2)22(29)18-16-6-5-11-25-20(16)21(28)19-17(18)13-27(23(19)30)12-14-7-9-15(24)10-8-14/h5-11,28H,3-4,12-13H2,1-2H3. The summed E-state index contributed by atoms with van der Waals surface area (Å²) in [6.45, 7) is 5.28. The van der Waals surface area contributed by atoms with Crippen molar-refractivity contribution in [2.75, 3.05) is 13.1 Å². The summed E-state index contributed by atoms with van der Waals surface area (Å²) in [5.74, 6) is -1.11. The van der Waals surface area contributed by atoms with Gasteiger partial charge >= 0.3 is 0 Å². The maximum atomic E-state index is 13.3. The highest BCUT2D eigenvalue weighted by Crippen LogP contribution is 2.40. The lowest BCUT2D eigenvalue weighted by molar-refractivity contribution is 0.0753. The molecule has 154 valence electrons. The molecule has 0 radical (unpaired) electrons. The van der Waals surface area contributed by atoms with Gasteiger partial charge in [0.15, 0.2) is 5.75 Å². The molecular formula is C23H22FN3O3. The molecule has 3 aromatic rings. The fraction of sp³-hybridized carbons (Fsp3) is 0.261. The number of hydrogen-bond acceptors (Lipinski definition) is 4. The Morgan fingerprint density at radius 1 is 1.20 bits per heavy atom. The Morgan fingerprint density at radius 3 is 2.57 bits per heavy atom. The topological polar surface area (TPSA) is 73.7 Å². The Labute approximate surface area is 173 Å². The number of phenols is 1. The van der Waals surface area contributed by atoms with Gasteiger partial charge in [0.25, 0.3) is 11.8 Å². The molecule has 30 heavy (non-hydrogen) atoms. The lowest BCUT2D eigenvalue weighted by Crippen LogP contribution is -2.31. The molecule has 0 spiro atoms. The van der Waals surface area contributed by atoms with Crippen molar-refractivity contribution in [3.63, 3.8) is 0 Å². The second-order valence-electron chi connectivity index (χ2n) is 7.24. The van der Waals surface area contributed by atoms with Crippen LogP contribution >= 0.6 is 0 Å². The number of carbonyl (C=O) groups excluding carboxylic acids is 2. The first-order valence-electron chi connectivity index (χ1n) is 9.91. The zero-order valence-electron chi connectivity index (χ0n) is 16.9. The summed E-state index contributed by atoms with van der Waals surface area (Å²) in [7, 11) is 0. The number of amides is 2. The first kappa shape index (κ1) is 19.8. The van der Waals surface area contributed by atoms with Crippen LogP contribution in [0.5, 0.6) is 5.75 Å². The molecule has 0 atom stereocenters. The summed E-state index contributed by atoms with van der Waals surface area (Å²) in [5, 5.41) is 11.4. The summed E-state index contributed by atoms with van der Waals surface area (Å²) in [4.78, 5) is 34.0. The molecule has 0 aliphatic carbocycles. The van der Waals surface area contributed by atoms with Crippen LogP contribution in [-0.2, 0) is 13.1 Å². The smallest absolute Gasteiger partial charge is 0.258 e. The van der Waals surface area contributed by atoms with E-state index in [4.69, 9.17) is 0 Å². The normalized spacial score (nSPS) is 13.0. The molecule has 2 aromatic carbocycles. The maximum Gasteiger partial charge on any atom is 0.258 e. The third-order valence-corrected chi connectivity index (χ3v) is 5.54. The van der Waals surface area contributed by atoms with Gasteiger partial charge in [-0.3, -0.25) is 14.6 Å². The van der Waals surface area contributed by atoms with Gasteiger partial charge < -0.3 is 14.9 Å². The van der Waals surface area contributed by atoms with Crippen LogP contribution in [0.4, 0.5) is 4.39 Å². The van der Waals surface area contributed by atoms with Gasteiger partial charge in [-0.15, -0.1) is 0 Å². The molecule has 7 heteroatoms. The van der Waals surface area contributed by atoms with E-state index in [1.807, 2.05) is 13.8 Å². The Morgan fingerprint density at radius 2 is 1.90 bits per heavy atom. The van der Waals surface area contributed by atoms with Gasteiger partial charge in [0.05, 0.1) is 11.1 Å². The van der Waals surface area contributed by atoms with Crippen LogP contribution in [0.2, 0.25) is 0 Å². The molecule has 0 fully saturated rings. The summed E-state index contributed by atoms with van der Waals surface area (Å²) < 4.78 is 13.2. The third kappa shape index (κ3) is 3.16. The first-order valence-corrected chi connectivity index (χ1v) is 9.91. The molecule has 1 aromatic heterocycles. The van der Waals surface area contributed by atoms with E-state index in [0.29, 0.717) is 29.6 Å². The monoisotopic (exact) mass is 407 g/mol. The predicted molar refractivity (Wildman–Crippen MR) is 111 cm³/mol. The summed E-state index contributed by atoms with van der Waals surface area (Å²) >= 11 is 0. The van der Waals surface area contributed by atoms with Gasteiger partial charge in [0.2, 0.25) is 0 Å². The van der Waals surface area contributed by atoms with Gasteiger partial charge in [-0.05, 0) is 37.6 Å². The molecule has 4 rings (SSSR count). The number of rotatable bonds is 5. The van der Waals surface area contributed by atoms with Crippen LogP contribution in [-0.4, -0.2) is 44.8 Å². The fourth-order valence-electron chi connectivity index (χ4n) is 4.01. The number of fused-ring (bicyclic) bond motifs is 2. The van der Waals surface area contributed by atoms with Crippen molar-refractivity contribution in [3.8, 4) is 5.75 Å². The second-order valence-corrected chi connectivity index (χ2v) is 7.24. The van der Waals surface area contributed by atoms with Crippen LogP contribution in [0.25, 0.3) is 10.9 Å². The predicted octanol–water partition coefficient (Wildman–Crippen LogP) is 3.72. The van der Waals surface area contributed by atoms with Crippen LogP contribution in [0.15, 0.2) is 42.6 Å². The third-order valence-electron chi connectivity index (χ3n) is 5.54. The van der Waals surface area contributed by atoms with Crippen molar-refractivity contribution >= 4 is 22.7 Å². The highest BCUT2D eigenvalue weighted by molar-refractivity contribution is 6.15. The Kier molecular flexibility index (Phi) is 5.11. The molecule has 2 amide bonds.